The summed E-state index contributed by atoms with van der Waals surface area (Å²) in [6.07, 6.45) is 2.90. The monoisotopic (exact) mass is 316 g/mol. The van der Waals surface area contributed by atoms with Gasteiger partial charge in [-0.15, -0.1) is 0 Å². The molecule has 3 aliphatic heterocycles. The number of para-hydroxylation sites is 1. The Kier molecular flexibility index (Phi) is 3.09. The molecular formula is C18H20O5. The van der Waals surface area contributed by atoms with Crippen LogP contribution in [0.5, 0.6) is 5.75 Å². The second-order valence-electron chi connectivity index (χ2n) is 7.42. The molecule has 0 saturated carbocycles. The standard InChI is InChI=1S/C18H20O5/c1-17(2,3)14-13-12-9-10-18(23-22-12,15(13)20-16(14)19)21-11-7-5-4-6-8-11/h4-10,12-15H,1-3H3/t12-,13-,14?,15+,18+/m0/s1. The van der Waals surface area contributed by atoms with Gasteiger partial charge in [0.2, 0.25) is 0 Å². The lowest BCUT2D eigenvalue weighted by Crippen LogP contribution is -2.62. The molecule has 0 radical (unpaired) electrons. The topological polar surface area (TPSA) is 54.0 Å². The van der Waals surface area contributed by atoms with E-state index in [1.807, 2.05) is 57.2 Å². The molecule has 3 heterocycles. The fourth-order valence-electron chi connectivity index (χ4n) is 3.79. The molecule has 2 fully saturated rings. The van der Waals surface area contributed by atoms with Crippen molar-refractivity contribution in [2.24, 2.45) is 17.3 Å². The Balaban J connectivity index is 1.71. The normalized spacial score (nSPS) is 38.3. The van der Waals surface area contributed by atoms with Crippen LogP contribution < -0.4 is 4.74 Å². The van der Waals surface area contributed by atoms with Crippen LogP contribution in [0.15, 0.2) is 42.5 Å². The third kappa shape index (κ3) is 2.18. The minimum absolute atomic E-state index is 0.120. The molecule has 1 aliphatic carbocycles. The predicted octanol–water partition coefficient (Wildman–Crippen LogP) is 2.87. The van der Waals surface area contributed by atoms with Gasteiger partial charge >= 0.3 is 5.97 Å². The van der Waals surface area contributed by atoms with E-state index in [1.54, 1.807) is 6.08 Å². The summed E-state index contributed by atoms with van der Waals surface area (Å²) in [7, 11) is 0. The van der Waals surface area contributed by atoms with Gasteiger partial charge in [0, 0.05) is 5.92 Å². The first kappa shape index (κ1) is 14.7. The lowest BCUT2D eigenvalue weighted by molar-refractivity contribution is -0.467. The van der Waals surface area contributed by atoms with Crippen LogP contribution in [0.3, 0.4) is 0 Å². The van der Waals surface area contributed by atoms with Crippen molar-refractivity contribution in [2.75, 3.05) is 0 Å². The van der Waals surface area contributed by atoms with Crippen LogP contribution in [0.2, 0.25) is 0 Å². The second kappa shape index (κ2) is 4.82. The molecule has 5 heteroatoms. The zero-order valence-electron chi connectivity index (χ0n) is 13.4. The third-order valence-corrected chi connectivity index (χ3v) is 4.77. The largest absolute Gasteiger partial charge is 0.454 e. The average molecular weight is 316 g/mol. The van der Waals surface area contributed by atoms with Crippen molar-refractivity contribution in [1.29, 1.82) is 0 Å². The predicted molar refractivity (Wildman–Crippen MR) is 81.2 cm³/mol. The number of carbonyl (C=O) groups is 1. The molecule has 5 atom stereocenters. The van der Waals surface area contributed by atoms with E-state index in [0.717, 1.165) is 0 Å². The zero-order chi connectivity index (χ0) is 16.2. The maximum absolute atomic E-state index is 12.5. The van der Waals surface area contributed by atoms with Crippen LogP contribution in [0.1, 0.15) is 20.8 Å². The highest BCUT2D eigenvalue weighted by Gasteiger charge is 2.67. The van der Waals surface area contributed by atoms with Crippen molar-refractivity contribution in [3.8, 4) is 5.75 Å². The molecule has 23 heavy (non-hydrogen) atoms. The summed E-state index contributed by atoms with van der Waals surface area (Å²) in [5, 5.41) is 0. The molecule has 2 saturated heterocycles. The van der Waals surface area contributed by atoms with E-state index in [2.05, 4.69) is 0 Å². The van der Waals surface area contributed by atoms with Gasteiger partial charge in [-0.2, -0.15) is 4.89 Å². The minimum atomic E-state index is -1.23. The molecule has 5 nitrogen and oxygen atoms in total. The highest BCUT2D eigenvalue weighted by molar-refractivity contribution is 5.77. The Morgan fingerprint density at radius 1 is 1.17 bits per heavy atom. The zero-order valence-corrected chi connectivity index (χ0v) is 13.4. The SMILES string of the molecule is CC(C)(C)C1C(=O)O[C@@H]2[C@H]1[C@@H]1C=C[C@@]2(Oc2ccccc2)OO1. The van der Waals surface area contributed by atoms with Gasteiger partial charge in [-0.1, -0.05) is 39.0 Å². The molecule has 1 unspecified atom stereocenters. The molecule has 4 aliphatic rings. The summed E-state index contributed by atoms with van der Waals surface area (Å²) < 4.78 is 11.7. The highest BCUT2D eigenvalue weighted by Crippen LogP contribution is 2.52. The van der Waals surface area contributed by atoms with Crippen molar-refractivity contribution in [2.45, 2.75) is 38.8 Å². The Labute approximate surface area is 135 Å². The number of rotatable bonds is 2. The first-order chi connectivity index (χ1) is 10.9. The number of hydrogen-bond acceptors (Lipinski definition) is 5. The number of esters is 1. The van der Waals surface area contributed by atoms with Crippen molar-refractivity contribution in [3.63, 3.8) is 0 Å². The Morgan fingerprint density at radius 2 is 1.91 bits per heavy atom. The van der Waals surface area contributed by atoms with E-state index < -0.39 is 11.9 Å². The molecule has 0 aromatic heterocycles. The molecule has 0 N–H and O–H groups in total. The van der Waals surface area contributed by atoms with Gasteiger partial charge in [0.25, 0.3) is 5.79 Å². The van der Waals surface area contributed by atoms with E-state index in [-0.39, 0.29) is 29.3 Å². The van der Waals surface area contributed by atoms with E-state index in [4.69, 9.17) is 19.2 Å². The minimum Gasteiger partial charge on any atom is -0.454 e. The summed E-state index contributed by atoms with van der Waals surface area (Å²) in [5.74, 6) is -1.18. The number of fused-ring (bicyclic) bond motifs is 1. The summed E-state index contributed by atoms with van der Waals surface area (Å²) >= 11 is 0. The molecule has 1 aromatic carbocycles. The van der Waals surface area contributed by atoms with Crippen molar-refractivity contribution in [1.82, 2.24) is 0 Å². The van der Waals surface area contributed by atoms with Gasteiger partial charge in [-0.25, -0.2) is 4.89 Å². The van der Waals surface area contributed by atoms with Crippen LogP contribution in [-0.2, 0) is 19.3 Å². The molecule has 122 valence electrons. The van der Waals surface area contributed by atoms with E-state index in [0.29, 0.717) is 5.75 Å². The van der Waals surface area contributed by atoms with Crippen molar-refractivity contribution < 1.29 is 24.0 Å². The maximum atomic E-state index is 12.5. The quantitative estimate of drug-likeness (QED) is 0.477. The van der Waals surface area contributed by atoms with Crippen LogP contribution in [0.4, 0.5) is 0 Å². The van der Waals surface area contributed by atoms with E-state index in [1.165, 1.54) is 0 Å². The Morgan fingerprint density at radius 3 is 2.52 bits per heavy atom. The molecule has 1 aromatic rings. The first-order valence-corrected chi connectivity index (χ1v) is 7.89. The molecule has 5 rings (SSSR count). The fraction of sp³-hybridized carbons (Fsp3) is 0.500. The summed E-state index contributed by atoms with van der Waals surface area (Å²) in [6.45, 7) is 6.12. The van der Waals surface area contributed by atoms with Crippen LogP contribution >= 0.6 is 0 Å². The third-order valence-electron chi connectivity index (χ3n) is 4.77. The lowest BCUT2D eigenvalue weighted by Gasteiger charge is -2.47. The molecular weight excluding hydrogens is 296 g/mol. The van der Waals surface area contributed by atoms with Gasteiger partial charge in [-0.3, -0.25) is 4.79 Å². The average Bonchev–Trinajstić information content (AvgIpc) is 2.88. The van der Waals surface area contributed by atoms with Crippen molar-refractivity contribution >= 4 is 5.97 Å². The number of ether oxygens (including phenoxy) is 2. The number of carbonyl (C=O) groups excluding carboxylic acids is 1. The first-order valence-electron chi connectivity index (χ1n) is 7.89. The highest BCUT2D eigenvalue weighted by atomic mass is 17.2. The van der Waals surface area contributed by atoms with Crippen molar-refractivity contribution in [3.05, 3.63) is 42.5 Å². The molecule has 0 amide bonds. The van der Waals surface area contributed by atoms with Crippen LogP contribution in [-0.4, -0.2) is 24.0 Å². The summed E-state index contributed by atoms with van der Waals surface area (Å²) in [4.78, 5) is 23.5. The lowest BCUT2D eigenvalue weighted by atomic mass is 9.68. The van der Waals surface area contributed by atoms with Gasteiger partial charge in [0.1, 0.15) is 11.9 Å². The number of benzene rings is 1. The van der Waals surface area contributed by atoms with Gasteiger partial charge in [0.15, 0.2) is 6.10 Å². The Hall–Kier alpha value is -1.85. The van der Waals surface area contributed by atoms with E-state index in [9.17, 15) is 4.79 Å². The smallest absolute Gasteiger partial charge is 0.310 e. The summed E-state index contributed by atoms with van der Waals surface area (Å²) in [5.41, 5.74) is -0.223. The van der Waals surface area contributed by atoms with E-state index >= 15 is 0 Å². The Bertz CT molecular complexity index is 647. The van der Waals surface area contributed by atoms with Crippen LogP contribution in [0, 0.1) is 17.3 Å². The van der Waals surface area contributed by atoms with Gasteiger partial charge in [-0.05, 0) is 29.7 Å². The fourth-order valence-corrected chi connectivity index (χ4v) is 3.79. The summed E-state index contributed by atoms with van der Waals surface area (Å²) in [6, 6.07) is 9.32. The van der Waals surface area contributed by atoms with Gasteiger partial charge in [0.05, 0.1) is 5.92 Å². The van der Waals surface area contributed by atoms with Crippen LogP contribution in [0.25, 0.3) is 0 Å². The maximum Gasteiger partial charge on any atom is 0.310 e. The number of hydrogen-bond donors (Lipinski definition) is 0. The molecule has 2 bridgehead atoms. The second-order valence-corrected chi connectivity index (χ2v) is 7.42. The molecule has 0 spiro atoms. The van der Waals surface area contributed by atoms with Gasteiger partial charge < -0.3 is 9.47 Å².